The third-order valence-electron chi connectivity index (χ3n) is 3.86. The zero-order valence-corrected chi connectivity index (χ0v) is 15.0. The lowest BCUT2D eigenvalue weighted by Gasteiger charge is -2.08. The molecule has 0 amide bonds. The van der Waals surface area contributed by atoms with Crippen molar-refractivity contribution in [3.05, 3.63) is 65.8 Å². The molecule has 0 radical (unpaired) electrons. The van der Waals surface area contributed by atoms with Crippen LogP contribution in [0.3, 0.4) is 0 Å². The Hall–Kier alpha value is -2.01. The SMILES string of the molecule is C=C(C)c1ccc(-c2c(Cl)n[nH]c2-c2ccc([S+](C)[O-])cc2)cc1. The Balaban J connectivity index is 2.04. The van der Waals surface area contributed by atoms with E-state index in [0.717, 1.165) is 38.4 Å². The Labute approximate surface area is 149 Å². The highest BCUT2D eigenvalue weighted by Gasteiger charge is 2.16. The highest BCUT2D eigenvalue weighted by Crippen LogP contribution is 2.36. The lowest BCUT2D eigenvalue weighted by Crippen LogP contribution is -1.96. The van der Waals surface area contributed by atoms with Gasteiger partial charge in [0.2, 0.25) is 0 Å². The molecule has 0 aliphatic carbocycles. The number of aromatic amines is 1. The Morgan fingerprint density at radius 3 is 2.21 bits per heavy atom. The number of hydrogen-bond acceptors (Lipinski definition) is 2. The largest absolute Gasteiger partial charge is 0.612 e. The molecule has 122 valence electrons. The zero-order valence-electron chi connectivity index (χ0n) is 13.5. The molecule has 1 unspecified atom stereocenters. The number of benzene rings is 2. The molecular formula is C19H17ClN2OS. The number of H-pyrrole nitrogens is 1. The molecule has 3 rings (SSSR count). The molecule has 2 aromatic carbocycles. The van der Waals surface area contributed by atoms with E-state index in [-0.39, 0.29) is 0 Å². The van der Waals surface area contributed by atoms with Gasteiger partial charge in [0.1, 0.15) is 6.26 Å². The van der Waals surface area contributed by atoms with E-state index in [1.54, 1.807) is 6.26 Å². The van der Waals surface area contributed by atoms with Crippen LogP contribution < -0.4 is 0 Å². The first-order valence-electron chi connectivity index (χ1n) is 7.41. The molecule has 0 fully saturated rings. The monoisotopic (exact) mass is 356 g/mol. The van der Waals surface area contributed by atoms with E-state index in [1.807, 2.05) is 55.5 Å². The molecule has 0 aliphatic rings. The van der Waals surface area contributed by atoms with Gasteiger partial charge in [0.05, 0.1) is 5.69 Å². The minimum atomic E-state index is -0.997. The molecule has 0 aliphatic heterocycles. The summed E-state index contributed by atoms with van der Waals surface area (Å²) in [4.78, 5) is 0.789. The van der Waals surface area contributed by atoms with Gasteiger partial charge in [0.25, 0.3) is 0 Å². The van der Waals surface area contributed by atoms with Crippen molar-refractivity contribution in [1.82, 2.24) is 10.2 Å². The second-order valence-electron chi connectivity index (χ2n) is 5.60. The van der Waals surface area contributed by atoms with Crippen molar-refractivity contribution in [2.75, 3.05) is 6.26 Å². The zero-order chi connectivity index (χ0) is 17.3. The fourth-order valence-corrected chi connectivity index (χ4v) is 3.29. The summed E-state index contributed by atoms with van der Waals surface area (Å²) in [5.41, 5.74) is 5.74. The molecule has 0 bridgehead atoms. The van der Waals surface area contributed by atoms with Crippen LogP contribution in [0.25, 0.3) is 28.0 Å². The Bertz CT molecular complexity index is 867. The molecule has 24 heavy (non-hydrogen) atoms. The van der Waals surface area contributed by atoms with Gasteiger partial charge in [-0.05, 0) is 53.5 Å². The third kappa shape index (κ3) is 3.26. The first-order chi connectivity index (χ1) is 11.5. The molecule has 1 heterocycles. The van der Waals surface area contributed by atoms with E-state index in [0.29, 0.717) is 5.15 Å². The van der Waals surface area contributed by atoms with Crippen molar-refractivity contribution in [3.63, 3.8) is 0 Å². The minimum Gasteiger partial charge on any atom is -0.612 e. The second kappa shape index (κ2) is 6.85. The Morgan fingerprint density at radius 2 is 1.67 bits per heavy atom. The quantitative estimate of drug-likeness (QED) is 0.656. The Kier molecular flexibility index (Phi) is 4.81. The maximum absolute atomic E-state index is 11.5. The Morgan fingerprint density at radius 1 is 1.08 bits per heavy atom. The maximum Gasteiger partial charge on any atom is 0.159 e. The van der Waals surface area contributed by atoms with Crippen molar-refractivity contribution in [2.24, 2.45) is 0 Å². The molecule has 0 saturated carbocycles. The van der Waals surface area contributed by atoms with Gasteiger partial charge >= 0.3 is 0 Å². The molecule has 1 N–H and O–H groups in total. The van der Waals surface area contributed by atoms with Crippen LogP contribution in [-0.2, 0) is 11.2 Å². The normalized spacial score (nSPS) is 12.2. The average molecular weight is 357 g/mol. The second-order valence-corrected chi connectivity index (χ2v) is 7.34. The van der Waals surface area contributed by atoms with Gasteiger partial charge in [-0.1, -0.05) is 48.0 Å². The van der Waals surface area contributed by atoms with Crippen LogP contribution in [0.1, 0.15) is 12.5 Å². The van der Waals surface area contributed by atoms with E-state index in [9.17, 15) is 4.55 Å². The first-order valence-corrected chi connectivity index (χ1v) is 9.35. The van der Waals surface area contributed by atoms with Crippen LogP contribution in [0.2, 0.25) is 5.15 Å². The minimum absolute atomic E-state index is 0.427. The van der Waals surface area contributed by atoms with E-state index in [1.165, 1.54) is 0 Å². The summed E-state index contributed by atoms with van der Waals surface area (Å²) >= 11 is 5.31. The van der Waals surface area contributed by atoms with Crippen LogP contribution in [0.15, 0.2) is 60.0 Å². The summed E-state index contributed by atoms with van der Waals surface area (Å²) < 4.78 is 11.5. The van der Waals surface area contributed by atoms with Crippen molar-refractivity contribution in [3.8, 4) is 22.4 Å². The van der Waals surface area contributed by atoms with Crippen molar-refractivity contribution in [2.45, 2.75) is 11.8 Å². The molecule has 3 aromatic rings. The van der Waals surface area contributed by atoms with Gasteiger partial charge in [-0.25, -0.2) is 0 Å². The number of nitrogens with one attached hydrogen (secondary N) is 1. The molecule has 5 heteroatoms. The van der Waals surface area contributed by atoms with Crippen molar-refractivity contribution < 1.29 is 4.55 Å². The summed E-state index contributed by atoms with van der Waals surface area (Å²) in [5.74, 6) is 0. The predicted octanol–water partition coefficient (Wildman–Crippen LogP) is 5.17. The van der Waals surface area contributed by atoms with Gasteiger partial charge in [0, 0.05) is 11.1 Å². The van der Waals surface area contributed by atoms with Crippen LogP contribution in [0.5, 0.6) is 0 Å². The van der Waals surface area contributed by atoms with Crippen LogP contribution in [-0.4, -0.2) is 21.0 Å². The fraction of sp³-hybridized carbons (Fsp3) is 0.105. The molecule has 3 nitrogen and oxygen atoms in total. The standard InChI is InChI=1S/C19H17ClN2OS/c1-12(2)13-4-6-14(7-5-13)17-18(21-22-19(17)20)15-8-10-16(11-9-15)24(3)23/h4-11H,1H2,2-3H3,(H,21,22). The number of hydrogen-bond donors (Lipinski definition) is 1. The number of aromatic nitrogens is 2. The summed E-state index contributed by atoms with van der Waals surface area (Å²) in [6, 6.07) is 15.6. The van der Waals surface area contributed by atoms with Gasteiger partial charge < -0.3 is 4.55 Å². The lowest BCUT2D eigenvalue weighted by molar-refractivity contribution is 0.601. The average Bonchev–Trinajstić information content (AvgIpc) is 2.96. The fourth-order valence-electron chi connectivity index (χ4n) is 2.53. The summed E-state index contributed by atoms with van der Waals surface area (Å²) in [6.07, 6.45) is 1.66. The summed E-state index contributed by atoms with van der Waals surface area (Å²) in [5, 5.41) is 7.57. The van der Waals surface area contributed by atoms with Crippen molar-refractivity contribution in [1.29, 1.82) is 0 Å². The summed E-state index contributed by atoms with van der Waals surface area (Å²) in [6.45, 7) is 5.93. The van der Waals surface area contributed by atoms with Crippen LogP contribution in [0, 0.1) is 0 Å². The number of rotatable bonds is 4. The highest BCUT2D eigenvalue weighted by atomic mass is 35.5. The summed E-state index contributed by atoms with van der Waals surface area (Å²) in [7, 11) is 0. The van der Waals surface area contributed by atoms with Crippen LogP contribution in [0.4, 0.5) is 0 Å². The molecule has 0 saturated heterocycles. The molecule has 1 atom stereocenters. The smallest absolute Gasteiger partial charge is 0.159 e. The molecule has 1 aromatic heterocycles. The topological polar surface area (TPSA) is 51.7 Å². The van der Waals surface area contributed by atoms with Crippen LogP contribution >= 0.6 is 11.6 Å². The van der Waals surface area contributed by atoms with Gasteiger partial charge in [-0.15, -0.1) is 0 Å². The van der Waals surface area contributed by atoms with E-state index in [4.69, 9.17) is 11.6 Å². The van der Waals surface area contributed by atoms with E-state index in [2.05, 4.69) is 16.8 Å². The number of nitrogens with zero attached hydrogens (tertiary/aromatic N) is 1. The van der Waals surface area contributed by atoms with Gasteiger partial charge in [0.15, 0.2) is 10.0 Å². The molecule has 0 spiro atoms. The van der Waals surface area contributed by atoms with Gasteiger partial charge in [-0.3, -0.25) is 5.10 Å². The first kappa shape index (κ1) is 16.8. The maximum atomic E-state index is 11.5. The highest BCUT2D eigenvalue weighted by molar-refractivity contribution is 7.90. The number of halogens is 1. The van der Waals surface area contributed by atoms with E-state index < -0.39 is 11.2 Å². The van der Waals surface area contributed by atoms with Gasteiger partial charge in [-0.2, -0.15) is 5.10 Å². The molecular weight excluding hydrogens is 340 g/mol. The van der Waals surface area contributed by atoms with Crippen molar-refractivity contribution >= 4 is 28.3 Å². The predicted molar refractivity (Wildman–Crippen MR) is 102 cm³/mol. The third-order valence-corrected chi connectivity index (χ3v) is 5.07. The lowest BCUT2D eigenvalue weighted by atomic mass is 9.99. The van der Waals surface area contributed by atoms with E-state index >= 15 is 0 Å². The number of allylic oxidation sites excluding steroid dienone is 1.